The number of halogens is 1. The fraction of sp³-hybridized carbons (Fsp3) is 0.696. The molecule has 1 aromatic carbocycles. The number of likely N-dealkylation sites (tertiary alicyclic amines) is 1. The van der Waals surface area contributed by atoms with E-state index in [1.165, 1.54) is 12.3 Å². The molecule has 1 aliphatic heterocycles. The molecular weight excluding hydrogens is 419 g/mol. The lowest BCUT2D eigenvalue weighted by molar-refractivity contribution is -0.139. The molecule has 1 N–H and O–H groups in total. The summed E-state index contributed by atoms with van der Waals surface area (Å²) in [7, 11) is -3.37. The zero-order valence-electron chi connectivity index (χ0n) is 18.1. The van der Waals surface area contributed by atoms with E-state index in [0.717, 1.165) is 50.5 Å². The molecule has 2 unspecified atom stereocenters. The first-order chi connectivity index (χ1) is 14.8. The SMILES string of the molecule is CS(=O)(=O)NC1CCCN(C(=O)C2CC2)C1COC1CCC(c2cccc(F)c2)CC1. The van der Waals surface area contributed by atoms with Crippen molar-refractivity contribution in [3.63, 3.8) is 0 Å². The Morgan fingerprint density at radius 3 is 2.55 bits per heavy atom. The van der Waals surface area contributed by atoms with E-state index < -0.39 is 10.0 Å². The van der Waals surface area contributed by atoms with Crippen molar-refractivity contribution in [1.82, 2.24) is 9.62 Å². The highest BCUT2D eigenvalue weighted by Gasteiger charge is 2.41. The topological polar surface area (TPSA) is 75.7 Å². The lowest BCUT2D eigenvalue weighted by atomic mass is 9.82. The molecule has 8 heteroatoms. The van der Waals surface area contributed by atoms with Crippen molar-refractivity contribution in [3.8, 4) is 0 Å². The molecule has 3 aliphatic rings. The molecule has 6 nitrogen and oxygen atoms in total. The van der Waals surface area contributed by atoms with Crippen LogP contribution in [-0.4, -0.2) is 56.8 Å². The summed E-state index contributed by atoms with van der Waals surface area (Å²) in [5.74, 6) is 0.389. The van der Waals surface area contributed by atoms with Crippen molar-refractivity contribution in [3.05, 3.63) is 35.6 Å². The number of benzene rings is 1. The van der Waals surface area contributed by atoms with Gasteiger partial charge in [-0.25, -0.2) is 17.5 Å². The van der Waals surface area contributed by atoms with Crippen LogP contribution in [-0.2, 0) is 19.6 Å². The van der Waals surface area contributed by atoms with Crippen LogP contribution in [0.1, 0.15) is 62.8 Å². The molecule has 1 saturated heterocycles. The third-order valence-corrected chi connectivity index (χ3v) is 7.58. The van der Waals surface area contributed by atoms with E-state index >= 15 is 0 Å². The maximum absolute atomic E-state index is 13.5. The van der Waals surface area contributed by atoms with Gasteiger partial charge in [-0.15, -0.1) is 0 Å². The molecule has 2 saturated carbocycles. The fourth-order valence-corrected chi connectivity index (χ4v) is 5.90. The first kappa shape index (κ1) is 22.7. The number of piperidine rings is 1. The molecule has 0 spiro atoms. The molecule has 1 heterocycles. The van der Waals surface area contributed by atoms with Crippen molar-refractivity contribution in [2.45, 2.75) is 75.5 Å². The molecular formula is C23H33FN2O4S. The Balaban J connectivity index is 1.36. The summed E-state index contributed by atoms with van der Waals surface area (Å²) < 4.78 is 46.3. The molecule has 1 amide bonds. The summed E-state index contributed by atoms with van der Waals surface area (Å²) in [6.07, 6.45) is 8.26. The van der Waals surface area contributed by atoms with E-state index in [0.29, 0.717) is 25.5 Å². The minimum Gasteiger partial charge on any atom is -0.376 e. The Morgan fingerprint density at radius 1 is 1.16 bits per heavy atom. The van der Waals surface area contributed by atoms with Gasteiger partial charge in [0.25, 0.3) is 0 Å². The van der Waals surface area contributed by atoms with Crippen molar-refractivity contribution in [1.29, 1.82) is 0 Å². The molecule has 2 atom stereocenters. The molecule has 0 bridgehead atoms. The van der Waals surface area contributed by atoms with Crippen molar-refractivity contribution < 1.29 is 22.3 Å². The zero-order valence-corrected chi connectivity index (χ0v) is 19.0. The third kappa shape index (κ3) is 6.05. The number of ether oxygens (including phenoxy) is 1. The van der Waals surface area contributed by atoms with E-state index in [1.807, 2.05) is 11.0 Å². The zero-order chi connectivity index (χ0) is 22.0. The second-order valence-electron chi connectivity index (χ2n) is 9.37. The summed E-state index contributed by atoms with van der Waals surface area (Å²) in [6, 6.07) is 6.26. The predicted molar refractivity (Wildman–Crippen MR) is 117 cm³/mol. The smallest absolute Gasteiger partial charge is 0.226 e. The van der Waals surface area contributed by atoms with Gasteiger partial charge in [-0.1, -0.05) is 12.1 Å². The predicted octanol–water partition coefficient (Wildman–Crippen LogP) is 3.19. The first-order valence-corrected chi connectivity index (χ1v) is 13.3. The van der Waals surface area contributed by atoms with E-state index in [9.17, 15) is 17.6 Å². The molecule has 0 aromatic heterocycles. The van der Waals surface area contributed by atoms with Crippen LogP contribution in [0.15, 0.2) is 24.3 Å². The number of amides is 1. The molecule has 3 fully saturated rings. The van der Waals surface area contributed by atoms with Gasteiger partial charge in [0, 0.05) is 18.5 Å². The van der Waals surface area contributed by atoms with Gasteiger partial charge in [0.1, 0.15) is 5.82 Å². The average molecular weight is 453 g/mol. The summed E-state index contributed by atoms with van der Waals surface area (Å²) >= 11 is 0. The van der Waals surface area contributed by atoms with E-state index in [1.54, 1.807) is 12.1 Å². The lowest BCUT2D eigenvalue weighted by Crippen LogP contribution is -2.59. The van der Waals surface area contributed by atoms with Crippen molar-refractivity contribution >= 4 is 15.9 Å². The first-order valence-electron chi connectivity index (χ1n) is 11.4. The molecule has 0 radical (unpaired) electrons. The van der Waals surface area contributed by atoms with Crippen molar-refractivity contribution in [2.24, 2.45) is 5.92 Å². The van der Waals surface area contributed by atoms with Crippen molar-refractivity contribution in [2.75, 3.05) is 19.4 Å². The van der Waals surface area contributed by atoms with Crippen LogP contribution in [0.3, 0.4) is 0 Å². The molecule has 4 rings (SSSR count). The van der Waals surface area contributed by atoms with Gasteiger partial charge in [-0.3, -0.25) is 4.79 Å². The number of rotatable bonds is 7. The molecule has 31 heavy (non-hydrogen) atoms. The van der Waals surface area contributed by atoms with Gasteiger partial charge in [0.15, 0.2) is 0 Å². The van der Waals surface area contributed by atoms with Gasteiger partial charge >= 0.3 is 0 Å². The molecule has 172 valence electrons. The highest BCUT2D eigenvalue weighted by molar-refractivity contribution is 7.88. The van der Waals surface area contributed by atoms with Crippen LogP contribution in [0, 0.1) is 11.7 Å². The Bertz CT molecular complexity index is 881. The van der Waals surface area contributed by atoms with Crippen LogP contribution in [0.5, 0.6) is 0 Å². The number of hydrogen-bond donors (Lipinski definition) is 1. The molecule has 2 aliphatic carbocycles. The maximum Gasteiger partial charge on any atom is 0.226 e. The summed E-state index contributed by atoms with van der Waals surface area (Å²) in [5, 5.41) is 0. The van der Waals surface area contributed by atoms with Crippen LogP contribution in [0.4, 0.5) is 4.39 Å². The largest absolute Gasteiger partial charge is 0.376 e. The van der Waals surface area contributed by atoms with E-state index in [4.69, 9.17) is 4.74 Å². The van der Waals surface area contributed by atoms with E-state index in [-0.39, 0.29) is 35.8 Å². The van der Waals surface area contributed by atoms with Crippen LogP contribution >= 0.6 is 0 Å². The normalized spacial score (nSPS) is 29.7. The van der Waals surface area contributed by atoms with Gasteiger partial charge in [0.05, 0.1) is 25.0 Å². The Morgan fingerprint density at radius 2 is 1.90 bits per heavy atom. The lowest BCUT2D eigenvalue weighted by Gasteiger charge is -2.42. The highest BCUT2D eigenvalue weighted by Crippen LogP contribution is 2.36. The number of sulfonamides is 1. The Labute approximate surface area is 184 Å². The Kier molecular flexibility index (Phi) is 6.98. The molecule has 1 aromatic rings. The number of carbonyl (C=O) groups excluding carboxylic acids is 1. The minimum absolute atomic E-state index is 0.0866. The van der Waals surface area contributed by atoms with Crippen LogP contribution < -0.4 is 4.72 Å². The average Bonchev–Trinajstić information content (AvgIpc) is 3.57. The van der Waals surface area contributed by atoms with Crippen LogP contribution in [0.2, 0.25) is 0 Å². The minimum atomic E-state index is -3.37. The number of nitrogens with one attached hydrogen (secondary N) is 1. The van der Waals surface area contributed by atoms with E-state index in [2.05, 4.69) is 4.72 Å². The summed E-state index contributed by atoms with van der Waals surface area (Å²) in [5.41, 5.74) is 1.05. The van der Waals surface area contributed by atoms with Gasteiger partial charge in [0.2, 0.25) is 15.9 Å². The maximum atomic E-state index is 13.5. The number of nitrogens with zero attached hydrogens (tertiary/aromatic N) is 1. The fourth-order valence-electron chi connectivity index (χ4n) is 5.07. The Hall–Kier alpha value is -1.51. The number of hydrogen-bond acceptors (Lipinski definition) is 4. The second kappa shape index (κ2) is 9.55. The monoisotopic (exact) mass is 452 g/mol. The quantitative estimate of drug-likeness (QED) is 0.689. The van der Waals surface area contributed by atoms with Gasteiger partial charge < -0.3 is 9.64 Å². The highest BCUT2D eigenvalue weighted by atomic mass is 32.2. The number of carbonyl (C=O) groups is 1. The summed E-state index contributed by atoms with van der Waals surface area (Å²) in [6.45, 7) is 1.01. The van der Waals surface area contributed by atoms with Gasteiger partial charge in [-0.2, -0.15) is 0 Å². The standard InChI is InChI=1S/C23H33FN2O4S/c1-31(28,29)25-21-6-3-13-26(23(27)17-7-8-17)22(21)15-30-20-11-9-16(10-12-20)18-4-2-5-19(24)14-18/h2,4-5,14,16-17,20-22,25H,3,6-13,15H2,1H3. The van der Waals surface area contributed by atoms with Gasteiger partial charge in [-0.05, 0) is 75.0 Å². The van der Waals surface area contributed by atoms with Crippen LogP contribution in [0.25, 0.3) is 0 Å². The summed E-state index contributed by atoms with van der Waals surface area (Å²) in [4.78, 5) is 14.7. The second-order valence-corrected chi connectivity index (χ2v) is 11.2. The third-order valence-electron chi connectivity index (χ3n) is 6.85.